The number of benzene rings is 1. The Morgan fingerprint density at radius 3 is 2.85 bits per heavy atom. The molecular weight excluding hydrogens is 324 g/mol. The quantitative estimate of drug-likeness (QED) is 0.672. The molecule has 0 fully saturated rings. The van der Waals surface area contributed by atoms with Gasteiger partial charge >= 0.3 is 0 Å². The largest absolute Gasteiger partial charge is 0.389 e. The lowest BCUT2D eigenvalue weighted by molar-refractivity contribution is 0.0103. The zero-order valence-electron chi connectivity index (χ0n) is 11.4. The standard InChI is InChI=1S/C14H19BrN2O3/c1-2-19-5-6-20-10-13(18)9-17-14-7-12(15)4-3-11(14)8-16/h3-4,7,13,17-18H,2,5-6,9-10H2,1H3. The van der Waals surface area contributed by atoms with E-state index in [4.69, 9.17) is 14.7 Å². The van der Waals surface area contributed by atoms with Gasteiger partial charge in [-0.1, -0.05) is 15.9 Å². The number of nitrogens with one attached hydrogen (secondary N) is 1. The van der Waals surface area contributed by atoms with Gasteiger partial charge in [0.15, 0.2) is 0 Å². The fourth-order valence-electron chi connectivity index (χ4n) is 1.53. The van der Waals surface area contributed by atoms with E-state index in [1.54, 1.807) is 18.2 Å². The van der Waals surface area contributed by atoms with E-state index in [-0.39, 0.29) is 6.61 Å². The summed E-state index contributed by atoms with van der Waals surface area (Å²) in [7, 11) is 0. The van der Waals surface area contributed by atoms with E-state index in [1.165, 1.54) is 0 Å². The smallest absolute Gasteiger partial charge is 0.101 e. The Hall–Kier alpha value is -1.13. The van der Waals surface area contributed by atoms with Crippen molar-refractivity contribution in [2.24, 2.45) is 0 Å². The minimum absolute atomic E-state index is 0.232. The molecule has 1 unspecified atom stereocenters. The number of aliphatic hydroxyl groups is 1. The molecule has 0 aliphatic rings. The van der Waals surface area contributed by atoms with E-state index in [0.29, 0.717) is 37.6 Å². The molecule has 0 aliphatic heterocycles. The zero-order chi connectivity index (χ0) is 14.8. The highest BCUT2D eigenvalue weighted by Gasteiger charge is 2.07. The van der Waals surface area contributed by atoms with Gasteiger partial charge in [-0.15, -0.1) is 0 Å². The van der Waals surface area contributed by atoms with Crippen molar-refractivity contribution in [1.29, 1.82) is 5.26 Å². The Balaban J connectivity index is 2.32. The van der Waals surface area contributed by atoms with Crippen molar-refractivity contribution in [3.05, 3.63) is 28.2 Å². The number of anilines is 1. The maximum atomic E-state index is 9.78. The van der Waals surface area contributed by atoms with Crippen LogP contribution in [-0.4, -0.2) is 44.2 Å². The fraction of sp³-hybridized carbons (Fsp3) is 0.500. The van der Waals surface area contributed by atoms with Crippen molar-refractivity contribution in [2.75, 3.05) is 38.3 Å². The van der Waals surface area contributed by atoms with E-state index >= 15 is 0 Å². The molecule has 110 valence electrons. The normalized spacial score (nSPS) is 11.9. The molecule has 0 heterocycles. The van der Waals surface area contributed by atoms with Crippen molar-refractivity contribution in [2.45, 2.75) is 13.0 Å². The van der Waals surface area contributed by atoms with E-state index < -0.39 is 6.10 Å². The average molecular weight is 343 g/mol. The highest BCUT2D eigenvalue weighted by Crippen LogP contribution is 2.20. The van der Waals surface area contributed by atoms with Crippen LogP contribution in [0, 0.1) is 11.3 Å². The lowest BCUT2D eigenvalue weighted by Gasteiger charge is -2.14. The Labute approximate surface area is 127 Å². The SMILES string of the molecule is CCOCCOCC(O)CNc1cc(Br)ccc1C#N. The monoisotopic (exact) mass is 342 g/mol. The molecule has 0 aromatic heterocycles. The Kier molecular flexibility index (Phi) is 8.23. The van der Waals surface area contributed by atoms with Gasteiger partial charge in [0.25, 0.3) is 0 Å². The van der Waals surface area contributed by atoms with Crippen LogP contribution in [-0.2, 0) is 9.47 Å². The van der Waals surface area contributed by atoms with Gasteiger partial charge in [-0.3, -0.25) is 0 Å². The van der Waals surface area contributed by atoms with Crippen molar-refractivity contribution in [3.63, 3.8) is 0 Å². The molecule has 0 aliphatic carbocycles. The van der Waals surface area contributed by atoms with Crippen molar-refractivity contribution >= 4 is 21.6 Å². The summed E-state index contributed by atoms with van der Waals surface area (Å²) >= 11 is 3.35. The van der Waals surface area contributed by atoms with Crippen LogP contribution in [0.1, 0.15) is 12.5 Å². The number of halogens is 1. The number of hydrogen-bond acceptors (Lipinski definition) is 5. The van der Waals surface area contributed by atoms with Crippen LogP contribution in [0.4, 0.5) is 5.69 Å². The van der Waals surface area contributed by atoms with Crippen molar-refractivity contribution in [1.82, 2.24) is 0 Å². The second-order valence-electron chi connectivity index (χ2n) is 4.11. The second-order valence-corrected chi connectivity index (χ2v) is 5.02. The van der Waals surface area contributed by atoms with E-state index in [0.717, 1.165) is 4.47 Å². The molecule has 1 atom stereocenters. The molecule has 0 radical (unpaired) electrons. The number of hydrogen-bond donors (Lipinski definition) is 2. The Morgan fingerprint density at radius 1 is 1.40 bits per heavy atom. The van der Waals surface area contributed by atoms with Crippen LogP contribution in [0.25, 0.3) is 0 Å². The molecule has 20 heavy (non-hydrogen) atoms. The predicted molar refractivity (Wildman–Crippen MR) is 80.7 cm³/mol. The molecule has 0 saturated heterocycles. The third-order valence-corrected chi connectivity index (χ3v) is 3.01. The van der Waals surface area contributed by atoms with Gasteiger partial charge < -0.3 is 19.9 Å². The van der Waals surface area contributed by atoms with Crippen LogP contribution in [0.2, 0.25) is 0 Å². The minimum atomic E-state index is -0.637. The fourth-order valence-corrected chi connectivity index (χ4v) is 1.89. The predicted octanol–water partition coefficient (Wildman–Crippen LogP) is 2.15. The molecule has 5 nitrogen and oxygen atoms in total. The molecular formula is C14H19BrN2O3. The number of nitriles is 1. The number of rotatable bonds is 9. The highest BCUT2D eigenvalue weighted by atomic mass is 79.9. The van der Waals surface area contributed by atoms with E-state index in [1.807, 2.05) is 6.92 Å². The van der Waals surface area contributed by atoms with Crippen LogP contribution in [0.5, 0.6) is 0 Å². The molecule has 1 rings (SSSR count). The second kappa shape index (κ2) is 9.72. The van der Waals surface area contributed by atoms with Gasteiger partial charge in [0.2, 0.25) is 0 Å². The summed E-state index contributed by atoms with van der Waals surface area (Å²) in [6.45, 7) is 4.12. The van der Waals surface area contributed by atoms with Gasteiger partial charge in [0.1, 0.15) is 6.07 Å². The van der Waals surface area contributed by atoms with Crippen LogP contribution in [0.15, 0.2) is 22.7 Å². The van der Waals surface area contributed by atoms with Gasteiger partial charge in [0, 0.05) is 17.6 Å². The number of nitrogens with zero attached hydrogens (tertiary/aromatic N) is 1. The Bertz CT molecular complexity index is 449. The maximum Gasteiger partial charge on any atom is 0.101 e. The molecule has 6 heteroatoms. The van der Waals surface area contributed by atoms with Gasteiger partial charge in [0.05, 0.1) is 37.2 Å². The summed E-state index contributed by atoms with van der Waals surface area (Å²) in [5, 5.41) is 21.8. The summed E-state index contributed by atoms with van der Waals surface area (Å²) in [4.78, 5) is 0. The number of ether oxygens (including phenoxy) is 2. The van der Waals surface area contributed by atoms with E-state index in [2.05, 4.69) is 27.3 Å². The first kappa shape index (κ1) is 16.9. The van der Waals surface area contributed by atoms with Crippen LogP contribution >= 0.6 is 15.9 Å². The maximum absolute atomic E-state index is 9.78. The molecule has 1 aromatic rings. The Morgan fingerprint density at radius 2 is 2.15 bits per heavy atom. The third-order valence-electron chi connectivity index (χ3n) is 2.52. The summed E-state index contributed by atoms with van der Waals surface area (Å²) in [5.41, 5.74) is 1.23. The first-order valence-corrected chi connectivity index (χ1v) is 7.23. The molecule has 0 spiro atoms. The van der Waals surface area contributed by atoms with Gasteiger partial charge in [-0.25, -0.2) is 0 Å². The third kappa shape index (κ3) is 6.35. The first-order valence-electron chi connectivity index (χ1n) is 6.44. The van der Waals surface area contributed by atoms with E-state index in [9.17, 15) is 5.11 Å². The molecule has 2 N–H and O–H groups in total. The zero-order valence-corrected chi connectivity index (χ0v) is 13.0. The first-order chi connectivity index (χ1) is 9.67. The van der Waals surface area contributed by atoms with Gasteiger partial charge in [-0.05, 0) is 25.1 Å². The summed E-state index contributed by atoms with van der Waals surface area (Å²) < 4.78 is 11.3. The van der Waals surface area contributed by atoms with Crippen molar-refractivity contribution in [3.8, 4) is 6.07 Å². The van der Waals surface area contributed by atoms with Crippen LogP contribution in [0.3, 0.4) is 0 Å². The van der Waals surface area contributed by atoms with Gasteiger partial charge in [-0.2, -0.15) is 5.26 Å². The lowest BCUT2D eigenvalue weighted by Crippen LogP contribution is -2.26. The number of aliphatic hydroxyl groups excluding tert-OH is 1. The van der Waals surface area contributed by atoms with Crippen molar-refractivity contribution < 1.29 is 14.6 Å². The molecule has 0 bridgehead atoms. The topological polar surface area (TPSA) is 74.5 Å². The molecule has 0 saturated carbocycles. The molecule has 0 amide bonds. The minimum Gasteiger partial charge on any atom is -0.389 e. The lowest BCUT2D eigenvalue weighted by atomic mass is 10.2. The highest BCUT2D eigenvalue weighted by molar-refractivity contribution is 9.10. The summed E-state index contributed by atoms with van der Waals surface area (Å²) in [6.07, 6.45) is -0.637. The summed E-state index contributed by atoms with van der Waals surface area (Å²) in [5.74, 6) is 0. The average Bonchev–Trinajstić information content (AvgIpc) is 2.45. The van der Waals surface area contributed by atoms with Crippen LogP contribution < -0.4 is 5.32 Å². The molecule has 1 aromatic carbocycles. The summed E-state index contributed by atoms with van der Waals surface area (Å²) in [6, 6.07) is 7.43.